The fraction of sp³-hybridized carbons (Fsp3) is 0.300. The third-order valence-electron chi connectivity index (χ3n) is 5.26. The summed E-state index contributed by atoms with van der Waals surface area (Å²) in [4.78, 5) is 39.3. The molecular formula is C20H19N3O4. The number of amides is 2. The highest BCUT2D eigenvalue weighted by Gasteiger charge is 2.39. The SMILES string of the molecule is Cc1ccc(N2CC(C(=O)N3CCc4ccc([N+](=O)[O-])cc43)CC2=O)cc1. The Kier molecular flexibility index (Phi) is 4.14. The van der Waals surface area contributed by atoms with Gasteiger partial charge in [-0.2, -0.15) is 0 Å². The largest absolute Gasteiger partial charge is 0.312 e. The van der Waals surface area contributed by atoms with Crippen LogP contribution in [0.2, 0.25) is 0 Å². The number of benzene rings is 2. The van der Waals surface area contributed by atoms with Crippen LogP contribution in [-0.2, 0) is 16.0 Å². The first-order valence-electron chi connectivity index (χ1n) is 8.90. The molecule has 2 aliphatic heterocycles. The van der Waals surface area contributed by atoms with Gasteiger partial charge in [0.25, 0.3) is 5.69 Å². The molecule has 0 saturated carbocycles. The van der Waals surface area contributed by atoms with E-state index in [1.54, 1.807) is 15.9 Å². The topological polar surface area (TPSA) is 83.8 Å². The van der Waals surface area contributed by atoms with E-state index in [1.165, 1.54) is 12.1 Å². The van der Waals surface area contributed by atoms with Crippen molar-refractivity contribution in [3.63, 3.8) is 0 Å². The third kappa shape index (κ3) is 3.05. The summed E-state index contributed by atoms with van der Waals surface area (Å²) < 4.78 is 0. The van der Waals surface area contributed by atoms with Crippen molar-refractivity contribution in [3.05, 3.63) is 63.7 Å². The van der Waals surface area contributed by atoms with Crippen molar-refractivity contribution >= 4 is 28.9 Å². The van der Waals surface area contributed by atoms with E-state index in [4.69, 9.17) is 0 Å². The zero-order chi connectivity index (χ0) is 19.1. The number of aryl methyl sites for hydroxylation is 1. The Morgan fingerprint density at radius 1 is 1.19 bits per heavy atom. The minimum atomic E-state index is -0.459. The number of nitro benzene ring substituents is 1. The minimum absolute atomic E-state index is 0.0303. The molecule has 138 valence electrons. The van der Waals surface area contributed by atoms with Crippen LogP contribution in [0.25, 0.3) is 0 Å². The van der Waals surface area contributed by atoms with Crippen LogP contribution in [0.3, 0.4) is 0 Å². The Hall–Kier alpha value is -3.22. The van der Waals surface area contributed by atoms with Crippen molar-refractivity contribution in [2.24, 2.45) is 5.92 Å². The molecule has 1 atom stereocenters. The Labute approximate surface area is 156 Å². The average molecular weight is 365 g/mol. The zero-order valence-electron chi connectivity index (χ0n) is 14.9. The summed E-state index contributed by atoms with van der Waals surface area (Å²) in [6.07, 6.45) is 0.828. The van der Waals surface area contributed by atoms with Crippen LogP contribution in [0, 0.1) is 23.0 Å². The molecule has 7 heteroatoms. The maximum absolute atomic E-state index is 13.0. The molecule has 0 N–H and O–H groups in total. The number of rotatable bonds is 3. The van der Waals surface area contributed by atoms with Gasteiger partial charge in [0, 0.05) is 37.3 Å². The summed E-state index contributed by atoms with van der Waals surface area (Å²) in [5.41, 5.74) is 3.38. The predicted octanol–water partition coefficient (Wildman–Crippen LogP) is 2.85. The van der Waals surface area contributed by atoms with Crippen molar-refractivity contribution in [2.45, 2.75) is 19.8 Å². The molecule has 0 aromatic heterocycles. The van der Waals surface area contributed by atoms with Crippen molar-refractivity contribution < 1.29 is 14.5 Å². The zero-order valence-corrected chi connectivity index (χ0v) is 14.9. The number of nitro groups is 1. The van der Waals surface area contributed by atoms with E-state index in [0.717, 1.165) is 16.8 Å². The smallest absolute Gasteiger partial charge is 0.271 e. The van der Waals surface area contributed by atoms with Crippen LogP contribution in [-0.4, -0.2) is 29.8 Å². The molecule has 0 spiro atoms. The van der Waals surface area contributed by atoms with Crippen LogP contribution in [0.15, 0.2) is 42.5 Å². The highest BCUT2D eigenvalue weighted by atomic mass is 16.6. The molecule has 7 nitrogen and oxygen atoms in total. The van der Waals surface area contributed by atoms with E-state index in [9.17, 15) is 19.7 Å². The van der Waals surface area contributed by atoms with Crippen LogP contribution < -0.4 is 9.80 Å². The summed E-state index contributed by atoms with van der Waals surface area (Å²) in [7, 11) is 0. The molecule has 0 bridgehead atoms. The number of hydrogen-bond donors (Lipinski definition) is 0. The molecule has 1 unspecified atom stereocenters. The maximum Gasteiger partial charge on any atom is 0.271 e. The van der Waals surface area contributed by atoms with Gasteiger partial charge >= 0.3 is 0 Å². The number of fused-ring (bicyclic) bond motifs is 1. The molecule has 1 saturated heterocycles. The van der Waals surface area contributed by atoms with Crippen LogP contribution in [0.5, 0.6) is 0 Å². The molecule has 2 heterocycles. The summed E-state index contributed by atoms with van der Waals surface area (Å²) in [6, 6.07) is 12.3. The lowest BCUT2D eigenvalue weighted by atomic mass is 10.1. The number of hydrogen-bond acceptors (Lipinski definition) is 4. The summed E-state index contributed by atoms with van der Waals surface area (Å²) in [6.45, 7) is 2.80. The van der Waals surface area contributed by atoms with Gasteiger partial charge in [0.2, 0.25) is 11.8 Å². The fourth-order valence-corrected chi connectivity index (χ4v) is 3.78. The van der Waals surface area contributed by atoms with Gasteiger partial charge in [-0.1, -0.05) is 23.8 Å². The average Bonchev–Trinajstić information content (AvgIpc) is 3.25. The van der Waals surface area contributed by atoms with Gasteiger partial charge in [-0.3, -0.25) is 19.7 Å². The number of anilines is 2. The second-order valence-electron chi connectivity index (χ2n) is 7.05. The summed E-state index contributed by atoms with van der Waals surface area (Å²) in [5, 5.41) is 11.1. The van der Waals surface area contributed by atoms with E-state index in [0.29, 0.717) is 25.2 Å². The fourth-order valence-electron chi connectivity index (χ4n) is 3.78. The molecule has 0 radical (unpaired) electrons. The van der Waals surface area contributed by atoms with E-state index in [-0.39, 0.29) is 23.9 Å². The standard InChI is InChI=1S/C20H19N3O4/c1-13-2-5-16(6-3-13)22-12-15(10-19(22)24)20(25)21-9-8-14-4-7-17(23(26)27)11-18(14)21/h2-7,11,15H,8-10,12H2,1H3. The Morgan fingerprint density at radius 2 is 1.93 bits per heavy atom. The molecule has 0 aliphatic carbocycles. The van der Waals surface area contributed by atoms with Gasteiger partial charge in [-0.15, -0.1) is 0 Å². The lowest BCUT2D eigenvalue weighted by Crippen LogP contribution is -2.36. The number of non-ortho nitro benzene ring substituents is 1. The molecule has 2 aliphatic rings. The number of carbonyl (C=O) groups is 2. The van der Waals surface area contributed by atoms with Crippen molar-refractivity contribution in [2.75, 3.05) is 22.9 Å². The Bertz CT molecular complexity index is 939. The quantitative estimate of drug-likeness (QED) is 0.618. The van der Waals surface area contributed by atoms with Gasteiger partial charge < -0.3 is 9.80 Å². The van der Waals surface area contributed by atoms with E-state index in [1.807, 2.05) is 31.2 Å². The molecule has 4 rings (SSSR count). The first-order chi connectivity index (χ1) is 12.9. The molecule has 2 amide bonds. The van der Waals surface area contributed by atoms with Gasteiger partial charge in [0.15, 0.2) is 0 Å². The van der Waals surface area contributed by atoms with E-state index < -0.39 is 10.8 Å². The predicted molar refractivity (Wildman–Crippen MR) is 101 cm³/mol. The van der Waals surface area contributed by atoms with Gasteiger partial charge in [0.1, 0.15) is 0 Å². The molecule has 2 aromatic carbocycles. The van der Waals surface area contributed by atoms with Crippen molar-refractivity contribution in [1.82, 2.24) is 0 Å². The maximum atomic E-state index is 13.0. The van der Waals surface area contributed by atoms with Crippen LogP contribution >= 0.6 is 0 Å². The highest BCUT2D eigenvalue weighted by molar-refractivity contribution is 6.05. The molecule has 2 aromatic rings. The third-order valence-corrected chi connectivity index (χ3v) is 5.26. The van der Waals surface area contributed by atoms with Gasteiger partial charge in [0.05, 0.1) is 16.5 Å². The minimum Gasteiger partial charge on any atom is -0.312 e. The second-order valence-corrected chi connectivity index (χ2v) is 7.05. The normalized spacial score (nSPS) is 18.7. The molecular weight excluding hydrogens is 346 g/mol. The first kappa shape index (κ1) is 17.2. The Morgan fingerprint density at radius 3 is 2.63 bits per heavy atom. The number of nitrogens with zero attached hydrogens (tertiary/aromatic N) is 3. The molecule has 27 heavy (non-hydrogen) atoms. The van der Waals surface area contributed by atoms with Gasteiger partial charge in [-0.25, -0.2) is 0 Å². The van der Waals surface area contributed by atoms with E-state index >= 15 is 0 Å². The Balaban J connectivity index is 1.55. The first-order valence-corrected chi connectivity index (χ1v) is 8.90. The summed E-state index contributed by atoms with van der Waals surface area (Å²) in [5.74, 6) is -0.656. The lowest BCUT2D eigenvalue weighted by molar-refractivity contribution is -0.384. The molecule has 1 fully saturated rings. The van der Waals surface area contributed by atoms with Crippen molar-refractivity contribution in [1.29, 1.82) is 0 Å². The van der Waals surface area contributed by atoms with Gasteiger partial charge in [-0.05, 0) is 31.0 Å². The van der Waals surface area contributed by atoms with Crippen molar-refractivity contribution in [3.8, 4) is 0 Å². The number of carbonyl (C=O) groups excluding carboxylic acids is 2. The second kappa shape index (κ2) is 6.50. The van der Waals surface area contributed by atoms with Crippen LogP contribution in [0.1, 0.15) is 17.5 Å². The summed E-state index contributed by atoms with van der Waals surface area (Å²) >= 11 is 0. The monoisotopic (exact) mass is 365 g/mol. The lowest BCUT2D eigenvalue weighted by Gasteiger charge is -2.21. The van der Waals surface area contributed by atoms with Crippen LogP contribution in [0.4, 0.5) is 17.1 Å². The highest BCUT2D eigenvalue weighted by Crippen LogP contribution is 2.34. The van der Waals surface area contributed by atoms with E-state index in [2.05, 4.69) is 0 Å².